The maximum Gasteiger partial charge on any atom is 0.295 e. The molecule has 1 fully saturated rings. The Kier molecular flexibility index (Phi) is 7.04. The molecular formula is C22H23ClN2O6S. The van der Waals surface area contributed by atoms with E-state index in [-0.39, 0.29) is 29.2 Å². The summed E-state index contributed by atoms with van der Waals surface area (Å²) in [6.07, 6.45) is 0. The first kappa shape index (κ1) is 23.9. The van der Waals surface area contributed by atoms with Crippen molar-refractivity contribution in [2.75, 3.05) is 34.4 Å². The van der Waals surface area contributed by atoms with E-state index >= 15 is 0 Å². The number of likely N-dealkylation sites (tertiary alicyclic amines) is 1. The Balaban J connectivity index is 2.13. The molecule has 0 saturated carbocycles. The topological polar surface area (TPSA) is 104 Å². The summed E-state index contributed by atoms with van der Waals surface area (Å²) in [6, 6.07) is 11.3. The Bertz CT molecular complexity index is 1180. The summed E-state index contributed by atoms with van der Waals surface area (Å²) in [5, 5.41) is 11.4. The lowest BCUT2D eigenvalue weighted by Gasteiger charge is -2.25. The molecule has 0 bridgehead atoms. The normalized spacial score (nSPS) is 18.5. The monoisotopic (exact) mass is 478 g/mol. The van der Waals surface area contributed by atoms with Crippen LogP contribution in [0.3, 0.4) is 0 Å². The van der Waals surface area contributed by atoms with Crippen molar-refractivity contribution in [3.63, 3.8) is 0 Å². The molecule has 3 rings (SSSR count). The van der Waals surface area contributed by atoms with E-state index in [1.807, 2.05) is 0 Å². The number of halogens is 1. The molecule has 10 heteroatoms. The van der Waals surface area contributed by atoms with Crippen LogP contribution in [0.1, 0.15) is 17.2 Å². The first-order chi connectivity index (χ1) is 15.1. The number of aliphatic hydroxyl groups excluding tert-OH is 1. The van der Waals surface area contributed by atoms with Crippen LogP contribution in [-0.4, -0.2) is 68.8 Å². The number of aliphatic hydroxyl groups is 1. The summed E-state index contributed by atoms with van der Waals surface area (Å²) in [5.74, 6) is -2.00. The highest BCUT2D eigenvalue weighted by atomic mass is 35.5. The van der Waals surface area contributed by atoms with Crippen LogP contribution in [-0.2, 0) is 24.3 Å². The molecule has 1 N–H and O–H groups in total. The number of carbonyl (C=O) groups excluding carboxylic acids is 2. The molecule has 8 nitrogen and oxygen atoms in total. The smallest absolute Gasteiger partial charge is 0.295 e. The SMILES string of the molecule is COCCN1C(=O)C(=O)C(=C(O)c2ccc(S(=O)(=O)N(C)C)cc2)C1c1cccc(Cl)c1. The Labute approximate surface area is 191 Å². The second-order valence-electron chi connectivity index (χ2n) is 7.35. The van der Waals surface area contributed by atoms with Crippen LogP contribution in [0, 0.1) is 0 Å². The number of nitrogens with zero attached hydrogens (tertiary/aromatic N) is 2. The molecule has 1 saturated heterocycles. The van der Waals surface area contributed by atoms with Crippen LogP contribution < -0.4 is 0 Å². The summed E-state index contributed by atoms with van der Waals surface area (Å²) in [5.41, 5.74) is 0.664. The van der Waals surface area contributed by atoms with Gasteiger partial charge in [-0.3, -0.25) is 9.59 Å². The molecule has 0 aliphatic carbocycles. The van der Waals surface area contributed by atoms with E-state index in [1.54, 1.807) is 24.3 Å². The van der Waals surface area contributed by atoms with Crippen molar-refractivity contribution in [3.05, 3.63) is 70.3 Å². The van der Waals surface area contributed by atoms with E-state index in [4.69, 9.17) is 16.3 Å². The molecule has 1 aliphatic rings. The van der Waals surface area contributed by atoms with Gasteiger partial charge in [0.2, 0.25) is 10.0 Å². The number of methoxy groups -OCH3 is 1. The van der Waals surface area contributed by atoms with Crippen LogP contribution in [0.15, 0.2) is 59.0 Å². The molecule has 2 aromatic carbocycles. The zero-order valence-electron chi connectivity index (χ0n) is 17.8. The summed E-state index contributed by atoms with van der Waals surface area (Å²) >= 11 is 6.13. The van der Waals surface area contributed by atoms with Gasteiger partial charge >= 0.3 is 0 Å². The van der Waals surface area contributed by atoms with Gasteiger partial charge in [0.25, 0.3) is 11.7 Å². The fraction of sp³-hybridized carbons (Fsp3) is 0.273. The number of Topliss-reactive ketones (excluding diaryl/α,β-unsaturated/α-hetero) is 1. The number of hydrogen-bond donors (Lipinski definition) is 1. The number of benzene rings is 2. The van der Waals surface area contributed by atoms with Crippen LogP contribution in [0.4, 0.5) is 0 Å². The first-order valence-electron chi connectivity index (χ1n) is 9.65. The molecule has 2 aromatic rings. The van der Waals surface area contributed by atoms with Crippen molar-refractivity contribution in [2.24, 2.45) is 0 Å². The maximum atomic E-state index is 12.9. The molecule has 1 atom stereocenters. The lowest BCUT2D eigenvalue weighted by Crippen LogP contribution is -2.32. The maximum absolute atomic E-state index is 12.9. The fourth-order valence-corrected chi connectivity index (χ4v) is 4.57. The minimum Gasteiger partial charge on any atom is -0.507 e. The molecule has 1 unspecified atom stereocenters. The Morgan fingerprint density at radius 1 is 1.16 bits per heavy atom. The average molecular weight is 479 g/mol. The molecule has 32 heavy (non-hydrogen) atoms. The molecule has 0 radical (unpaired) electrons. The lowest BCUT2D eigenvalue weighted by atomic mass is 9.95. The highest BCUT2D eigenvalue weighted by Crippen LogP contribution is 2.39. The van der Waals surface area contributed by atoms with Gasteiger partial charge in [0.05, 0.1) is 23.1 Å². The van der Waals surface area contributed by atoms with E-state index in [1.165, 1.54) is 50.4 Å². The molecule has 1 amide bonds. The fourth-order valence-electron chi connectivity index (χ4n) is 3.47. The largest absolute Gasteiger partial charge is 0.507 e. The molecule has 1 aliphatic heterocycles. The Morgan fingerprint density at radius 3 is 2.38 bits per heavy atom. The summed E-state index contributed by atoms with van der Waals surface area (Å²) in [6.45, 7) is 0.330. The standard InChI is InChI=1S/C22H23ClN2O6S/c1-24(2)32(29,30)17-9-7-14(8-10-17)20(26)18-19(15-5-4-6-16(23)13-15)25(11-12-31-3)22(28)21(18)27/h4-10,13,19,26H,11-12H2,1-3H3. The molecule has 0 spiro atoms. The van der Waals surface area contributed by atoms with Crippen molar-refractivity contribution in [1.29, 1.82) is 0 Å². The second kappa shape index (κ2) is 9.41. The van der Waals surface area contributed by atoms with E-state index < -0.39 is 33.5 Å². The number of hydrogen-bond acceptors (Lipinski definition) is 6. The minimum atomic E-state index is -3.66. The van der Waals surface area contributed by atoms with Gasteiger partial charge in [-0.1, -0.05) is 23.7 Å². The van der Waals surface area contributed by atoms with Gasteiger partial charge in [-0.15, -0.1) is 0 Å². The van der Waals surface area contributed by atoms with Gasteiger partial charge in [0.15, 0.2) is 0 Å². The highest BCUT2D eigenvalue weighted by molar-refractivity contribution is 7.89. The van der Waals surface area contributed by atoms with Crippen molar-refractivity contribution in [2.45, 2.75) is 10.9 Å². The van der Waals surface area contributed by atoms with E-state index in [0.717, 1.165) is 4.31 Å². The summed E-state index contributed by atoms with van der Waals surface area (Å²) < 4.78 is 30.7. The predicted octanol–water partition coefficient (Wildman–Crippen LogP) is 2.66. The third-order valence-electron chi connectivity index (χ3n) is 5.15. The number of rotatable bonds is 7. The van der Waals surface area contributed by atoms with Crippen LogP contribution in [0.25, 0.3) is 5.76 Å². The van der Waals surface area contributed by atoms with Gasteiger partial charge in [-0.05, 0) is 42.0 Å². The zero-order chi connectivity index (χ0) is 23.6. The molecular weight excluding hydrogens is 456 g/mol. The number of carbonyl (C=O) groups is 2. The third-order valence-corrected chi connectivity index (χ3v) is 7.21. The quantitative estimate of drug-likeness (QED) is 0.372. The molecule has 1 heterocycles. The van der Waals surface area contributed by atoms with Gasteiger partial charge in [-0.25, -0.2) is 12.7 Å². The van der Waals surface area contributed by atoms with Crippen molar-refractivity contribution in [1.82, 2.24) is 9.21 Å². The number of sulfonamides is 1. The van der Waals surface area contributed by atoms with E-state index in [9.17, 15) is 23.1 Å². The van der Waals surface area contributed by atoms with Crippen molar-refractivity contribution < 1.29 is 27.9 Å². The number of amides is 1. The predicted molar refractivity (Wildman–Crippen MR) is 120 cm³/mol. The van der Waals surface area contributed by atoms with Crippen molar-refractivity contribution >= 4 is 39.1 Å². The van der Waals surface area contributed by atoms with Gasteiger partial charge in [0.1, 0.15) is 5.76 Å². The Morgan fingerprint density at radius 2 is 1.81 bits per heavy atom. The number of ether oxygens (including phenoxy) is 1. The van der Waals surface area contributed by atoms with Crippen molar-refractivity contribution in [3.8, 4) is 0 Å². The Hall–Kier alpha value is -2.72. The van der Waals surface area contributed by atoms with Gasteiger partial charge in [0, 0.05) is 38.3 Å². The first-order valence-corrected chi connectivity index (χ1v) is 11.5. The molecule has 0 aromatic heterocycles. The second-order valence-corrected chi connectivity index (χ2v) is 9.94. The van der Waals surface area contributed by atoms with E-state index in [0.29, 0.717) is 10.6 Å². The van der Waals surface area contributed by atoms with Gasteiger partial charge in [-0.2, -0.15) is 0 Å². The van der Waals surface area contributed by atoms with Crippen LogP contribution >= 0.6 is 11.6 Å². The van der Waals surface area contributed by atoms with Gasteiger partial charge < -0.3 is 14.7 Å². The van der Waals surface area contributed by atoms with Crippen LogP contribution in [0.2, 0.25) is 5.02 Å². The van der Waals surface area contributed by atoms with E-state index in [2.05, 4.69) is 0 Å². The number of ketones is 1. The minimum absolute atomic E-state index is 0.0333. The lowest BCUT2D eigenvalue weighted by molar-refractivity contribution is -0.140. The zero-order valence-corrected chi connectivity index (χ0v) is 19.4. The summed E-state index contributed by atoms with van der Waals surface area (Å²) in [7, 11) is 0.648. The molecule has 170 valence electrons. The highest BCUT2D eigenvalue weighted by Gasteiger charge is 2.45. The van der Waals surface area contributed by atoms with Crippen LogP contribution in [0.5, 0.6) is 0 Å². The average Bonchev–Trinajstić information content (AvgIpc) is 3.02. The summed E-state index contributed by atoms with van der Waals surface area (Å²) in [4.78, 5) is 27.0. The third kappa shape index (κ3) is 4.42.